The van der Waals surface area contributed by atoms with Crippen LogP contribution in [0.25, 0.3) is 11.4 Å². The molecule has 1 aliphatic rings. The normalized spacial score (nSPS) is 15.8. The maximum Gasteiger partial charge on any atom is 0.257 e. The molecule has 2 aromatic heterocycles. The molecule has 1 aromatic carbocycles. The Morgan fingerprint density at radius 3 is 2.96 bits per heavy atom. The molecule has 0 bridgehead atoms. The summed E-state index contributed by atoms with van der Waals surface area (Å²) >= 11 is 5.87. The quantitative estimate of drug-likeness (QED) is 0.750. The second kappa shape index (κ2) is 5.28. The molecule has 0 spiro atoms. The Labute approximate surface area is 138 Å². The van der Waals surface area contributed by atoms with Crippen molar-refractivity contribution in [2.75, 3.05) is 5.32 Å². The first-order valence-corrected chi connectivity index (χ1v) is 7.81. The molecule has 3 heterocycles. The molecule has 5 nitrogen and oxygen atoms in total. The third kappa shape index (κ3) is 2.33. The predicted octanol–water partition coefficient (Wildman–Crippen LogP) is 3.90. The van der Waals surface area contributed by atoms with E-state index >= 15 is 0 Å². The van der Waals surface area contributed by atoms with Crippen LogP contribution in [-0.4, -0.2) is 20.4 Å². The predicted molar refractivity (Wildman–Crippen MR) is 89.8 cm³/mol. The fourth-order valence-electron chi connectivity index (χ4n) is 3.05. The fourth-order valence-corrected chi connectivity index (χ4v) is 3.18. The number of anilines is 1. The number of benzene rings is 1. The summed E-state index contributed by atoms with van der Waals surface area (Å²) in [6, 6.07) is 7.38. The van der Waals surface area contributed by atoms with E-state index in [0.717, 1.165) is 23.5 Å². The summed E-state index contributed by atoms with van der Waals surface area (Å²) in [5.74, 6) is 0.676. The summed E-state index contributed by atoms with van der Waals surface area (Å²) in [6.45, 7) is 2.14. The van der Waals surface area contributed by atoms with Gasteiger partial charge in [-0.1, -0.05) is 11.6 Å². The zero-order valence-electron chi connectivity index (χ0n) is 12.5. The molecule has 0 unspecified atom stereocenters. The van der Waals surface area contributed by atoms with E-state index in [0.29, 0.717) is 22.3 Å². The van der Waals surface area contributed by atoms with Gasteiger partial charge in [0, 0.05) is 47.5 Å². The number of hydrogen-bond donors (Lipinski definition) is 2. The van der Waals surface area contributed by atoms with E-state index in [-0.39, 0.29) is 5.91 Å². The number of imidazole rings is 1. The molecule has 1 atom stereocenters. The van der Waals surface area contributed by atoms with Crippen LogP contribution in [0.2, 0.25) is 5.02 Å². The first kappa shape index (κ1) is 14.1. The van der Waals surface area contributed by atoms with Crippen molar-refractivity contribution in [1.82, 2.24) is 14.5 Å². The number of aromatic amines is 1. The van der Waals surface area contributed by atoms with Gasteiger partial charge in [0.2, 0.25) is 0 Å². The summed E-state index contributed by atoms with van der Waals surface area (Å²) in [5, 5.41) is 3.54. The highest BCUT2D eigenvalue weighted by Gasteiger charge is 2.28. The van der Waals surface area contributed by atoms with Crippen molar-refractivity contribution < 1.29 is 4.79 Å². The largest absolute Gasteiger partial charge is 0.364 e. The van der Waals surface area contributed by atoms with Gasteiger partial charge in [-0.25, -0.2) is 4.98 Å². The number of H-pyrrole nitrogens is 1. The van der Waals surface area contributed by atoms with E-state index in [2.05, 4.69) is 26.8 Å². The van der Waals surface area contributed by atoms with Crippen LogP contribution in [0.3, 0.4) is 0 Å². The number of nitrogens with one attached hydrogen (secondary N) is 2. The van der Waals surface area contributed by atoms with Crippen molar-refractivity contribution in [1.29, 1.82) is 0 Å². The molecule has 0 saturated heterocycles. The van der Waals surface area contributed by atoms with Crippen molar-refractivity contribution in [2.24, 2.45) is 0 Å². The smallest absolute Gasteiger partial charge is 0.257 e. The van der Waals surface area contributed by atoms with Crippen molar-refractivity contribution >= 4 is 23.2 Å². The van der Waals surface area contributed by atoms with Crippen LogP contribution in [-0.2, 0) is 6.42 Å². The standard InChI is InChI=1S/C17H15ClN4O/c1-10-8-14-15(16-19-6-7-22(10)16)13(9-20-14)17(23)21-12-4-2-11(18)3-5-12/h2-7,9-10,20H,8H2,1H3,(H,21,23)/t10-/m0/s1. The minimum absolute atomic E-state index is 0.158. The lowest BCUT2D eigenvalue weighted by molar-refractivity contribution is 0.102. The van der Waals surface area contributed by atoms with E-state index < -0.39 is 0 Å². The monoisotopic (exact) mass is 326 g/mol. The summed E-state index contributed by atoms with van der Waals surface area (Å²) in [6.07, 6.45) is 6.34. The number of rotatable bonds is 2. The van der Waals surface area contributed by atoms with Crippen LogP contribution in [0.4, 0.5) is 5.69 Å². The number of carbonyl (C=O) groups excluding carboxylic acids is 1. The van der Waals surface area contributed by atoms with Gasteiger partial charge in [-0.05, 0) is 31.2 Å². The number of halogens is 1. The SMILES string of the molecule is C[C@H]1Cc2[nH]cc(C(=O)Nc3ccc(Cl)cc3)c2-c2nccn21. The second-order valence-electron chi connectivity index (χ2n) is 5.73. The minimum atomic E-state index is -0.158. The number of aromatic nitrogens is 3. The number of hydrogen-bond acceptors (Lipinski definition) is 2. The average molecular weight is 327 g/mol. The second-order valence-corrected chi connectivity index (χ2v) is 6.16. The van der Waals surface area contributed by atoms with Crippen LogP contribution >= 0.6 is 11.6 Å². The maximum atomic E-state index is 12.6. The van der Waals surface area contributed by atoms with E-state index in [1.165, 1.54) is 0 Å². The molecule has 2 N–H and O–H groups in total. The molecule has 1 aliphatic heterocycles. The summed E-state index contributed by atoms with van der Waals surface area (Å²) in [5.41, 5.74) is 3.26. The van der Waals surface area contributed by atoms with Gasteiger partial charge in [0.1, 0.15) is 5.82 Å². The Balaban J connectivity index is 1.70. The third-order valence-corrected chi connectivity index (χ3v) is 4.43. The lowest BCUT2D eigenvalue weighted by atomic mass is 10.0. The molecular weight excluding hydrogens is 312 g/mol. The molecule has 116 valence electrons. The molecule has 0 saturated carbocycles. The Hall–Kier alpha value is -2.53. The first-order valence-electron chi connectivity index (χ1n) is 7.44. The zero-order valence-corrected chi connectivity index (χ0v) is 13.3. The van der Waals surface area contributed by atoms with Gasteiger partial charge in [-0.15, -0.1) is 0 Å². The molecule has 23 heavy (non-hydrogen) atoms. The highest BCUT2D eigenvalue weighted by atomic mass is 35.5. The van der Waals surface area contributed by atoms with E-state index in [4.69, 9.17) is 11.6 Å². The zero-order chi connectivity index (χ0) is 16.0. The van der Waals surface area contributed by atoms with E-state index in [9.17, 15) is 4.79 Å². The minimum Gasteiger partial charge on any atom is -0.364 e. The average Bonchev–Trinajstić information content (AvgIpc) is 3.15. The highest BCUT2D eigenvalue weighted by Crippen LogP contribution is 2.35. The van der Waals surface area contributed by atoms with Gasteiger partial charge < -0.3 is 14.9 Å². The molecule has 3 aromatic rings. The molecule has 0 aliphatic carbocycles. The summed E-state index contributed by atoms with van der Waals surface area (Å²) < 4.78 is 2.11. The topological polar surface area (TPSA) is 62.7 Å². The molecule has 4 rings (SSSR count). The maximum absolute atomic E-state index is 12.6. The third-order valence-electron chi connectivity index (χ3n) is 4.18. The summed E-state index contributed by atoms with van der Waals surface area (Å²) in [7, 11) is 0. The van der Waals surface area contributed by atoms with Crippen LogP contribution < -0.4 is 5.32 Å². The van der Waals surface area contributed by atoms with Crippen molar-refractivity contribution in [3.63, 3.8) is 0 Å². The van der Waals surface area contributed by atoms with Crippen molar-refractivity contribution in [3.05, 3.63) is 59.1 Å². The van der Waals surface area contributed by atoms with Crippen LogP contribution in [0.15, 0.2) is 42.9 Å². The molecule has 6 heteroatoms. The Kier molecular flexibility index (Phi) is 3.23. The van der Waals surface area contributed by atoms with Crippen LogP contribution in [0.1, 0.15) is 29.0 Å². The van der Waals surface area contributed by atoms with Gasteiger partial charge in [-0.2, -0.15) is 0 Å². The molecule has 0 fully saturated rings. The van der Waals surface area contributed by atoms with Crippen molar-refractivity contribution in [3.8, 4) is 11.4 Å². The number of nitrogens with zero attached hydrogens (tertiary/aromatic N) is 2. The number of fused-ring (bicyclic) bond motifs is 3. The first-order chi connectivity index (χ1) is 11.1. The van der Waals surface area contributed by atoms with Gasteiger partial charge in [-0.3, -0.25) is 4.79 Å². The van der Waals surface area contributed by atoms with Gasteiger partial charge in [0.05, 0.1) is 11.1 Å². The highest BCUT2D eigenvalue weighted by molar-refractivity contribution is 6.30. The van der Waals surface area contributed by atoms with Gasteiger partial charge in [0.15, 0.2) is 0 Å². The molecular formula is C17H15ClN4O. The lowest BCUT2D eigenvalue weighted by Gasteiger charge is -2.22. The molecule has 1 amide bonds. The Bertz CT molecular complexity index is 878. The van der Waals surface area contributed by atoms with Gasteiger partial charge in [0.25, 0.3) is 5.91 Å². The Morgan fingerprint density at radius 2 is 2.17 bits per heavy atom. The number of amides is 1. The lowest BCUT2D eigenvalue weighted by Crippen LogP contribution is -2.18. The fraction of sp³-hybridized carbons (Fsp3) is 0.176. The van der Waals surface area contributed by atoms with E-state index in [1.54, 1.807) is 36.7 Å². The molecule has 0 radical (unpaired) electrons. The van der Waals surface area contributed by atoms with Crippen LogP contribution in [0.5, 0.6) is 0 Å². The Morgan fingerprint density at radius 1 is 1.39 bits per heavy atom. The van der Waals surface area contributed by atoms with Crippen molar-refractivity contribution in [2.45, 2.75) is 19.4 Å². The van der Waals surface area contributed by atoms with Gasteiger partial charge >= 0.3 is 0 Å². The van der Waals surface area contributed by atoms with Crippen LogP contribution in [0, 0.1) is 0 Å². The van der Waals surface area contributed by atoms with E-state index in [1.807, 2.05) is 6.20 Å². The summed E-state index contributed by atoms with van der Waals surface area (Å²) in [4.78, 5) is 20.3. The number of carbonyl (C=O) groups is 1.